The molecule has 2 aromatic carbocycles. The number of benzene rings is 2. The van der Waals surface area contributed by atoms with Crippen molar-refractivity contribution in [2.24, 2.45) is 0 Å². The minimum absolute atomic E-state index is 0.239. The van der Waals surface area contributed by atoms with Crippen molar-refractivity contribution in [3.8, 4) is 11.4 Å². The lowest BCUT2D eigenvalue weighted by atomic mass is 10.1. The second-order valence-corrected chi connectivity index (χ2v) is 10.8. The van der Waals surface area contributed by atoms with Gasteiger partial charge in [-0.3, -0.25) is 4.40 Å². The Balaban J connectivity index is 1.27. The van der Waals surface area contributed by atoms with Crippen molar-refractivity contribution in [3.05, 3.63) is 103 Å². The van der Waals surface area contributed by atoms with E-state index in [2.05, 4.69) is 26.6 Å². The Morgan fingerprint density at radius 3 is 2.73 bits per heavy atom. The lowest BCUT2D eigenvalue weighted by Crippen LogP contribution is -2.26. The summed E-state index contributed by atoms with van der Waals surface area (Å²) in [4.78, 5) is 13.9. The fourth-order valence-corrected chi connectivity index (χ4v) is 5.47. The fraction of sp³-hybridized carbons (Fsp3) is 0.167. The van der Waals surface area contributed by atoms with Gasteiger partial charge in [-0.05, 0) is 54.5 Å². The van der Waals surface area contributed by atoms with Crippen LogP contribution in [0.25, 0.3) is 33.6 Å². The fourth-order valence-electron chi connectivity index (χ4n) is 4.36. The van der Waals surface area contributed by atoms with Crippen LogP contribution in [0.4, 0.5) is 5.95 Å². The Hall–Kier alpha value is -4.74. The van der Waals surface area contributed by atoms with E-state index in [1.54, 1.807) is 50.0 Å². The standard InChI is InChI=1S/C30H30N6O4S/c1-4-21(19-24(5-2)39-3)27-28(36-17-18-40-30(36)35-27)26-13-16-32-29(34-26)31-14-8-15-33-41(37,38)25-12-11-22-9-6-7-10-23(22)20-25/h4-7,9-13,16-20,33H,2,8,14-15H2,1,3H3,(H,31,32,34)/b21-4+,24-19+. The number of nitrogens with one attached hydrogen (secondary N) is 2. The molecular weight excluding hydrogens is 540 g/mol. The first kappa shape index (κ1) is 27.8. The summed E-state index contributed by atoms with van der Waals surface area (Å²) in [5, 5.41) is 5.05. The highest BCUT2D eigenvalue weighted by Crippen LogP contribution is 2.31. The Morgan fingerprint density at radius 2 is 1.95 bits per heavy atom. The third-order valence-electron chi connectivity index (χ3n) is 6.44. The molecule has 3 heterocycles. The number of imidazole rings is 1. The number of hydrogen-bond donors (Lipinski definition) is 2. The molecule has 0 radical (unpaired) electrons. The highest BCUT2D eigenvalue weighted by molar-refractivity contribution is 7.89. The van der Waals surface area contributed by atoms with Gasteiger partial charge in [0.15, 0.2) is 0 Å². The van der Waals surface area contributed by atoms with Crippen molar-refractivity contribution in [2.75, 3.05) is 25.5 Å². The van der Waals surface area contributed by atoms with Crippen LogP contribution in [0.2, 0.25) is 0 Å². The first-order valence-electron chi connectivity index (χ1n) is 13.0. The van der Waals surface area contributed by atoms with Crippen LogP contribution < -0.4 is 10.0 Å². The Kier molecular flexibility index (Phi) is 8.27. The van der Waals surface area contributed by atoms with Gasteiger partial charge in [-0.2, -0.15) is 4.98 Å². The van der Waals surface area contributed by atoms with Gasteiger partial charge in [0, 0.05) is 31.1 Å². The van der Waals surface area contributed by atoms with E-state index in [9.17, 15) is 8.42 Å². The van der Waals surface area contributed by atoms with Crippen molar-refractivity contribution < 1.29 is 17.6 Å². The number of fused-ring (bicyclic) bond motifs is 2. The zero-order valence-electron chi connectivity index (χ0n) is 22.7. The van der Waals surface area contributed by atoms with Crippen LogP contribution in [0.1, 0.15) is 19.0 Å². The van der Waals surface area contributed by atoms with Crippen LogP contribution in [-0.4, -0.2) is 48.0 Å². The van der Waals surface area contributed by atoms with E-state index in [0.717, 1.165) is 22.0 Å². The topological polar surface area (TPSA) is 124 Å². The van der Waals surface area contributed by atoms with Crippen LogP contribution in [-0.2, 0) is 14.8 Å². The summed E-state index contributed by atoms with van der Waals surface area (Å²) in [5.41, 5.74) is 2.83. The van der Waals surface area contributed by atoms with Crippen molar-refractivity contribution in [3.63, 3.8) is 0 Å². The molecule has 0 atom stereocenters. The van der Waals surface area contributed by atoms with Gasteiger partial charge in [0.2, 0.25) is 16.0 Å². The van der Waals surface area contributed by atoms with E-state index in [1.165, 1.54) is 0 Å². The molecule has 5 rings (SSSR count). The summed E-state index contributed by atoms with van der Waals surface area (Å²) in [7, 11) is -2.05. The maximum absolute atomic E-state index is 12.8. The van der Waals surface area contributed by atoms with Gasteiger partial charge in [0.05, 0.1) is 17.7 Å². The van der Waals surface area contributed by atoms with Crippen LogP contribution >= 0.6 is 0 Å². The molecule has 0 saturated carbocycles. The molecule has 0 amide bonds. The zero-order valence-corrected chi connectivity index (χ0v) is 23.6. The van der Waals surface area contributed by atoms with Crippen LogP contribution in [0.3, 0.4) is 0 Å². The van der Waals surface area contributed by atoms with E-state index in [1.807, 2.05) is 53.8 Å². The number of ether oxygens (including phenoxy) is 1. The summed E-state index contributed by atoms with van der Waals surface area (Å²) >= 11 is 0. The molecule has 0 aliphatic carbocycles. The predicted molar refractivity (Wildman–Crippen MR) is 160 cm³/mol. The molecule has 0 saturated heterocycles. The maximum Gasteiger partial charge on any atom is 0.306 e. The third kappa shape index (κ3) is 6.06. The van der Waals surface area contributed by atoms with E-state index in [0.29, 0.717) is 41.9 Å². The van der Waals surface area contributed by atoms with E-state index in [4.69, 9.17) is 14.1 Å². The summed E-state index contributed by atoms with van der Waals surface area (Å²) in [6.07, 6.45) is 10.9. The highest BCUT2D eigenvalue weighted by Gasteiger charge is 2.20. The summed E-state index contributed by atoms with van der Waals surface area (Å²) in [6.45, 7) is 6.42. The first-order chi connectivity index (χ1) is 19.9. The second-order valence-electron chi connectivity index (χ2n) is 9.02. The zero-order chi connectivity index (χ0) is 28.8. The maximum atomic E-state index is 12.8. The average Bonchev–Trinajstić information content (AvgIpc) is 3.59. The van der Waals surface area contributed by atoms with Gasteiger partial charge >= 0.3 is 5.84 Å². The van der Waals surface area contributed by atoms with Gasteiger partial charge in [-0.1, -0.05) is 43.0 Å². The quantitative estimate of drug-likeness (QED) is 0.116. The first-order valence-corrected chi connectivity index (χ1v) is 14.5. The smallest absolute Gasteiger partial charge is 0.306 e. The third-order valence-corrected chi connectivity index (χ3v) is 7.90. The van der Waals surface area contributed by atoms with Gasteiger partial charge in [-0.25, -0.2) is 23.1 Å². The van der Waals surface area contributed by atoms with Crippen LogP contribution in [0.5, 0.6) is 0 Å². The molecule has 0 spiro atoms. The molecule has 41 heavy (non-hydrogen) atoms. The monoisotopic (exact) mass is 570 g/mol. The molecule has 11 heteroatoms. The number of allylic oxidation sites excluding steroid dienone is 4. The Labute approximate surface area is 238 Å². The summed E-state index contributed by atoms with van der Waals surface area (Å²) in [5.74, 6) is 1.42. The molecule has 2 N–H and O–H groups in total. The van der Waals surface area contributed by atoms with Crippen LogP contribution in [0.15, 0.2) is 107 Å². The van der Waals surface area contributed by atoms with Gasteiger partial charge in [-0.15, -0.1) is 0 Å². The molecule has 5 aromatic rings. The highest BCUT2D eigenvalue weighted by atomic mass is 32.2. The molecule has 10 nitrogen and oxygen atoms in total. The minimum Gasteiger partial charge on any atom is -0.497 e. The largest absolute Gasteiger partial charge is 0.497 e. The van der Waals surface area contributed by atoms with E-state index < -0.39 is 10.0 Å². The molecule has 0 unspecified atom stereocenters. The van der Waals surface area contributed by atoms with Gasteiger partial charge in [0.25, 0.3) is 0 Å². The van der Waals surface area contributed by atoms with E-state index in [-0.39, 0.29) is 11.4 Å². The molecule has 210 valence electrons. The molecule has 0 fully saturated rings. The van der Waals surface area contributed by atoms with Crippen molar-refractivity contribution in [1.82, 2.24) is 24.1 Å². The molecular formula is C30H30N6O4S. The lowest BCUT2D eigenvalue weighted by Gasteiger charge is -2.10. The number of nitrogens with zero attached hydrogens (tertiary/aromatic N) is 4. The number of rotatable bonds is 12. The minimum atomic E-state index is -3.63. The Bertz CT molecular complexity index is 1870. The second kappa shape index (κ2) is 12.2. The molecule has 3 aromatic heterocycles. The van der Waals surface area contributed by atoms with Gasteiger partial charge < -0.3 is 14.5 Å². The van der Waals surface area contributed by atoms with Crippen molar-refractivity contribution >= 4 is 38.2 Å². The summed E-state index contributed by atoms with van der Waals surface area (Å²) < 4.78 is 41.0. The number of methoxy groups -OCH3 is 1. The molecule has 0 aliphatic rings. The summed E-state index contributed by atoms with van der Waals surface area (Å²) in [6, 6.07) is 14.6. The number of aromatic nitrogens is 4. The normalized spacial score (nSPS) is 12.6. The lowest BCUT2D eigenvalue weighted by molar-refractivity contribution is 0.307. The number of sulfonamides is 1. The SMILES string of the molecule is C=C/C(=C\C(=C/C)c1nc2occn2c1-c1ccnc(NCCCNS(=O)(=O)c2ccc3ccccc3c2)n1)OC. The average molecular weight is 571 g/mol. The van der Waals surface area contributed by atoms with Crippen molar-refractivity contribution in [2.45, 2.75) is 18.2 Å². The van der Waals surface area contributed by atoms with Gasteiger partial charge in [0.1, 0.15) is 23.4 Å². The number of hydrogen-bond acceptors (Lipinski definition) is 8. The van der Waals surface area contributed by atoms with E-state index >= 15 is 0 Å². The van der Waals surface area contributed by atoms with Crippen LogP contribution in [0, 0.1) is 0 Å². The molecule has 0 bridgehead atoms. The predicted octanol–water partition coefficient (Wildman–Crippen LogP) is 5.44. The molecule has 0 aliphatic heterocycles. The number of oxazole rings is 1. The van der Waals surface area contributed by atoms with Crippen molar-refractivity contribution in [1.29, 1.82) is 0 Å². The number of anilines is 1. The Morgan fingerprint density at radius 1 is 1.12 bits per heavy atom.